The fourth-order valence-electron chi connectivity index (χ4n) is 4.48. The minimum atomic E-state index is -0.776. The molecule has 0 aliphatic carbocycles. The van der Waals surface area contributed by atoms with Crippen LogP contribution in [0.25, 0.3) is 10.4 Å². The van der Waals surface area contributed by atoms with E-state index in [9.17, 15) is 9.59 Å². The first-order chi connectivity index (χ1) is 16.8. The van der Waals surface area contributed by atoms with Crippen LogP contribution in [0.1, 0.15) is 51.6 Å². The van der Waals surface area contributed by atoms with Crippen molar-refractivity contribution < 1.29 is 18.6 Å². The van der Waals surface area contributed by atoms with Crippen LogP contribution in [-0.4, -0.2) is 119 Å². The molecule has 1 fully saturated rings. The summed E-state index contributed by atoms with van der Waals surface area (Å²) in [5.74, 6) is -0.130. The van der Waals surface area contributed by atoms with Gasteiger partial charge in [0.05, 0.1) is 60.6 Å². The van der Waals surface area contributed by atoms with Gasteiger partial charge in [0.15, 0.2) is 0 Å². The van der Waals surface area contributed by atoms with Gasteiger partial charge in [0.2, 0.25) is 0 Å². The van der Waals surface area contributed by atoms with Gasteiger partial charge in [-0.15, -0.1) is 5.10 Å². The van der Waals surface area contributed by atoms with Crippen LogP contribution < -0.4 is 0 Å². The number of nitrogens with zero attached hydrogens (tertiary/aromatic N) is 10. The number of unbranched alkanes of at least 4 members (excludes halogenated alkanes) is 3. The summed E-state index contributed by atoms with van der Waals surface area (Å²) in [6, 6.07) is -0.218. The van der Waals surface area contributed by atoms with E-state index in [-0.39, 0.29) is 11.9 Å². The zero-order valence-corrected chi connectivity index (χ0v) is 23.4. The van der Waals surface area contributed by atoms with Gasteiger partial charge in [-0.2, -0.15) is 0 Å². The van der Waals surface area contributed by atoms with E-state index in [0.717, 1.165) is 75.0 Å². The van der Waals surface area contributed by atoms with E-state index in [0.29, 0.717) is 17.6 Å². The zero-order chi connectivity index (χ0) is 27.0. The molecule has 1 aliphatic heterocycles. The van der Waals surface area contributed by atoms with Crippen molar-refractivity contribution >= 4 is 11.9 Å². The van der Waals surface area contributed by atoms with E-state index in [4.69, 9.17) is 5.53 Å². The van der Waals surface area contributed by atoms with Gasteiger partial charge in [-0.25, -0.2) is 9.48 Å². The lowest BCUT2D eigenvalue weighted by molar-refractivity contribution is -0.904. The van der Waals surface area contributed by atoms with Gasteiger partial charge in [0.1, 0.15) is 17.8 Å². The first-order valence-electron chi connectivity index (χ1n) is 12.9. The maximum Gasteiger partial charge on any atom is 0.327 e. The monoisotopic (exact) mass is 506 g/mol. The summed E-state index contributed by atoms with van der Waals surface area (Å²) in [5.41, 5.74) is 8.48. The molecule has 0 N–H and O–H groups in total. The van der Waals surface area contributed by atoms with Gasteiger partial charge in [0.25, 0.3) is 5.91 Å². The van der Waals surface area contributed by atoms with Crippen molar-refractivity contribution in [2.75, 3.05) is 68.0 Å². The molecule has 202 valence electrons. The lowest BCUT2D eigenvalue weighted by Crippen LogP contribution is -2.43. The Hall–Kier alpha value is -2.69. The minimum absolute atomic E-state index is 0.130. The van der Waals surface area contributed by atoms with Gasteiger partial charge in [-0.05, 0) is 38.6 Å². The maximum atomic E-state index is 12.6. The second-order valence-corrected chi connectivity index (χ2v) is 11.8. The molecule has 0 atom stereocenters. The van der Waals surface area contributed by atoms with Crippen molar-refractivity contribution in [1.82, 2.24) is 24.8 Å². The lowest BCUT2D eigenvalue weighted by atomic mass is 10.1. The van der Waals surface area contributed by atoms with Gasteiger partial charge < -0.3 is 13.9 Å². The molecule has 1 aromatic heterocycles. The number of aromatic nitrogens is 3. The molecule has 12 heteroatoms. The Kier molecular flexibility index (Phi) is 10.3. The van der Waals surface area contributed by atoms with Crippen molar-refractivity contribution in [2.45, 2.75) is 64.6 Å². The maximum absolute atomic E-state index is 12.6. The first kappa shape index (κ1) is 29.5. The Balaban J connectivity index is 1.73. The Morgan fingerprint density at radius 2 is 1.64 bits per heavy atom. The normalized spacial score (nSPS) is 16.1. The average molecular weight is 507 g/mol. The highest BCUT2D eigenvalue weighted by atomic mass is 16.2. The van der Waals surface area contributed by atoms with Gasteiger partial charge in [-0.1, -0.05) is 16.7 Å². The Bertz CT molecular complexity index is 933. The molecule has 0 bridgehead atoms. The fourth-order valence-corrected chi connectivity index (χ4v) is 4.48. The van der Waals surface area contributed by atoms with Crippen molar-refractivity contribution in [1.29, 1.82) is 0 Å². The number of azide groups is 1. The zero-order valence-electron chi connectivity index (χ0n) is 23.4. The molecule has 0 radical (unpaired) electrons. The van der Waals surface area contributed by atoms with Crippen LogP contribution in [0, 0.1) is 0 Å². The molecule has 0 aromatic carbocycles. The quantitative estimate of drug-likeness (QED) is 0.0855. The topological polar surface area (TPSA) is 120 Å². The second kappa shape index (κ2) is 12.5. The largest absolute Gasteiger partial charge is 0.327 e. The van der Waals surface area contributed by atoms with Crippen LogP contribution in [-0.2, 0) is 17.9 Å². The Morgan fingerprint density at radius 1 is 0.972 bits per heavy atom. The molecular weight excluding hydrogens is 460 g/mol. The van der Waals surface area contributed by atoms with E-state index in [1.54, 1.807) is 20.9 Å². The molecular formula is C24H46N10O2+2. The number of hydrogen-bond donors (Lipinski definition) is 0. The molecule has 12 nitrogen and oxygen atoms in total. The molecule has 1 aromatic rings. The van der Waals surface area contributed by atoms with Gasteiger partial charge in [0, 0.05) is 31.5 Å². The predicted octanol–water partition coefficient (Wildman–Crippen LogP) is 2.86. The molecule has 1 saturated heterocycles. The summed E-state index contributed by atoms with van der Waals surface area (Å²) in [4.78, 5) is 30.7. The summed E-state index contributed by atoms with van der Waals surface area (Å²) >= 11 is 0. The van der Waals surface area contributed by atoms with Crippen molar-refractivity contribution in [2.24, 2.45) is 5.11 Å². The van der Waals surface area contributed by atoms with Crippen LogP contribution >= 0.6 is 0 Å². The first-order valence-corrected chi connectivity index (χ1v) is 12.9. The van der Waals surface area contributed by atoms with Crippen LogP contribution in [0.2, 0.25) is 0 Å². The average Bonchev–Trinajstić information content (AvgIpc) is 3.29. The third kappa shape index (κ3) is 8.46. The molecule has 0 saturated carbocycles. The van der Waals surface area contributed by atoms with E-state index >= 15 is 0 Å². The van der Waals surface area contributed by atoms with Crippen LogP contribution in [0.15, 0.2) is 11.3 Å². The van der Waals surface area contributed by atoms with E-state index in [2.05, 4.69) is 48.5 Å². The van der Waals surface area contributed by atoms with Crippen molar-refractivity contribution in [3.63, 3.8) is 0 Å². The SMILES string of the molecule is CN1C(=O)N(CCC[N+](C)(C)Cc2cn(CC[N+](C)(C)CCCCCCN=[N+]=[N-])nn2)C(=O)C1(C)C. The third-order valence-corrected chi connectivity index (χ3v) is 7.22. The third-order valence-electron chi connectivity index (χ3n) is 7.22. The summed E-state index contributed by atoms with van der Waals surface area (Å²) in [6.45, 7) is 9.03. The second-order valence-electron chi connectivity index (χ2n) is 11.8. The molecule has 0 spiro atoms. The van der Waals surface area contributed by atoms with E-state index < -0.39 is 5.54 Å². The summed E-state index contributed by atoms with van der Waals surface area (Å²) in [7, 11) is 10.4. The standard InChI is InChI=1S/C24H46N10O2/c1-24(2)22(35)32(23(36)30(24)3)14-12-17-34(6,7)20-21-19-31(29-27-21)15-18-33(4,5)16-11-9-8-10-13-26-28-25/h19H,8-18,20H2,1-7H3/q+2. The van der Waals surface area contributed by atoms with Crippen molar-refractivity contribution in [3.8, 4) is 0 Å². The highest BCUT2D eigenvalue weighted by Crippen LogP contribution is 2.25. The fraction of sp³-hybridized carbons (Fsp3) is 0.833. The summed E-state index contributed by atoms with van der Waals surface area (Å²) in [6.07, 6.45) is 7.12. The number of carbonyl (C=O) groups is 2. The number of hydrogen-bond acceptors (Lipinski definition) is 5. The van der Waals surface area contributed by atoms with Crippen LogP contribution in [0.3, 0.4) is 0 Å². The number of amides is 3. The highest BCUT2D eigenvalue weighted by molar-refractivity contribution is 6.06. The highest BCUT2D eigenvalue weighted by Gasteiger charge is 2.48. The van der Waals surface area contributed by atoms with Crippen LogP contribution in [0.5, 0.6) is 0 Å². The number of likely N-dealkylation sites (N-methyl/N-ethyl adjacent to an activating group) is 2. The summed E-state index contributed by atoms with van der Waals surface area (Å²) in [5, 5.41) is 12.3. The van der Waals surface area contributed by atoms with Crippen molar-refractivity contribution in [3.05, 3.63) is 22.3 Å². The smallest absolute Gasteiger partial charge is 0.327 e. The van der Waals surface area contributed by atoms with E-state index in [1.807, 2.05) is 10.9 Å². The lowest BCUT2D eigenvalue weighted by Gasteiger charge is -2.30. The molecule has 3 amide bonds. The van der Waals surface area contributed by atoms with Crippen LogP contribution in [0.4, 0.5) is 4.79 Å². The summed E-state index contributed by atoms with van der Waals surface area (Å²) < 4.78 is 3.55. The minimum Gasteiger partial charge on any atom is -0.327 e. The van der Waals surface area contributed by atoms with Gasteiger partial charge in [-0.3, -0.25) is 9.69 Å². The number of rotatable bonds is 16. The molecule has 36 heavy (non-hydrogen) atoms. The predicted molar refractivity (Wildman–Crippen MR) is 139 cm³/mol. The Labute approximate surface area is 215 Å². The Morgan fingerprint density at radius 3 is 2.28 bits per heavy atom. The van der Waals surface area contributed by atoms with E-state index in [1.165, 1.54) is 9.80 Å². The number of carbonyl (C=O) groups excluding carboxylic acids is 2. The molecule has 2 rings (SSSR count). The molecule has 0 unspecified atom stereocenters. The molecule has 1 aliphatic rings. The number of quaternary nitrogens is 2. The molecule has 2 heterocycles. The van der Waals surface area contributed by atoms with Gasteiger partial charge >= 0.3 is 6.03 Å². The number of urea groups is 1. The number of imide groups is 1.